The first-order valence-electron chi connectivity index (χ1n) is 8.71. The fourth-order valence-corrected chi connectivity index (χ4v) is 3.48. The van der Waals surface area contributed by atoms with Crippen LogP contribution >= 0.6 is 0 Å². The molecule has 0 radical (unpaired) electrons. The van der Waals surface area contributed by atoms with Gasteiger partial charge in [0.05, 0.1) is 18.9 Å². The topological polar surface area (TPSA) is 131 Å². The second kappa shape index (κ2) is 11.4. The summed E-state index contributed by atoms with van der Waals surface area (Å²) in [6, 6.07) is -0.115. The Hall–Kier alpha value is -1.23. The van der Waals surface area contributed by atoms with Crippen molar-refractivity contribution in [2.45, 2.75) is 38.6 Å². The number of nitrogens with one attached hydrogen (secondary N) is 2. The average Bonchev–Trinajstić information content (AvgIpc) is 2.58. The number of sulfonamides is 1. The Bertz CT molecular complexity index is 526. The maximum Gasteiger partial charge on any atom is 0.237 e. The molecule has 0 aromatic carbocycles. The number of hydrogen-bond acceptors (Lipinski definition) is 6. The molecule has 25 heavy (non-hydrogen) atoms. The molecular weight excluding hydrogens is 348 g/mol. The molecule has 10 heteroatoms. The van der Waals surface area contributed by atoms with Gasteiger partial charge in [0.15, 0.2) is 0 Å². The minimum atomic E-state index is -3.54. The molecule has 0 spiro atoms. The summed E-state index contributed by atoms with van der Waals surface area (Å²) in [6.45, 7) is 3.26. The molecule has 0 aliphatic carbocycles. The summed E-state index contributed by atoms with van der Waals surface area (Å²) in [6.07, 6.45) is 2.88. The van der Waals surface area contributed by atoms with Crippen LogP contribution in [0.4, 0.5) is 0 Å². The van der Waals surface area contributed by atoms with Crippen molar-refractivity contribution in [3.63, 3.8) is 0 Å². The minimum Gasteiger partial charge on any atom is -0.381 e. The number of rotatable bonds is 11. The number of ether oxygens (including phenoxy) is 1. The zero-order chi connectivity index (χ0) is 18.7. The van der Waals surface area contributed by atoms with Crippen molar-refractivity contribution in [1.82, 2.24) is 14.9 Å². The molecule has 1 saturated heterocycles. The summed E-state index contributed by atoms with van der Waals surface area (Å²) in [5.41, 5.74) is 5.34. The molecule has 0 saturated carbocycles. The SMILES string of the molecule is CCOCCS(=O)(=O)NCC(=O)N1CCCCC1CNC(=O)CCN. The van der Waals surface area contributed by atoms with E-state index in [9.17, 15) is 18.0 Å². The highest BCUT2D eigenvalue weighted by Crippen LogP contribution is 2.16. The molecule has 1 unspecified atom stereocenters. The van der Waals surface area contributed by atoms with Crippen LogP contribution in [0.2, 0.25) is 0 Å². The number of piperidine rings is 1. The van der Waals surface area contributed by atoms with Gasteiger partial charge in [0.2, 0.25) is 21.8 Å². The van der Waals surface area contributed by atoms with E-state index in [0.717, 1.165) is 19.3 Å². The second-order valence-electron chi connectivity index (χ2n) is 5.92. The van der Waals surface area contributed by atoms with Crippen LogP contribution in [-0.4, -0.2) is 76.3 Å². The molecule has 1 fully saturated rings. The Morgan fingerprint density at radius 3 is 2.76 bits per heavy atom. The van der Waals surface area contributed by atoms with Gasteiger partial charge in [-0.25, -0.2) is 13.1 Å². The van der Waals surface area contributed by atoms with E-state index >= 15 is 0 Å². The molecule has 0 aromatic heterocycles. The Balaban J connectivity index is 2.48. The smallest absolute Gasteiger partial charge is 0.237 e. The van der Waals surface area contributed by atoms with Crippen molar-refractivity contribution >= 4 is 21.8 Å². The van der Waals surface area contributed by atoms with Gasteiger partial charge in [0, 0.05) is 38.7 Å². The summed E-state index contributed by atoms with van der Waals surface area (Å²) in [5.74, 6) is -0.595. The van der Waals surface area contributed by atoms with Crippen LogP contribution in [0.1, 0.15) is 32.6 Å². The van der Waals surface area contributed by atoms with Crippen LogP contribution < -0.4 is 15.8 Å². The predicted octanol–water partition coefficient (Wildman–Crippen LogP) is -1.21. The van der Waals surface area contributed by atoms with Crippen LogP contribution in [0.5, 0.6) is 0 Å². The van der Waals surface area contributed by atoms with E-state index in [1.165, 1.54) is 0 Å². The maximum atomic E-state index is 12.4. The molecule has 4 N–H and O–H groups in total. The van der Waals surface area contributed by atoms with E-state index in [0.29, 0.717) is 19.7 Å². The standard InChI is InChI=1S/C15H30N4O5S/c1-2-24-9-10-25(22,23)18-12-15(21)19-8-4-3-5-13(19)11-17-14(20)6-7-16/h13,18H,2-12,16H2,1H3,(H,17,20). The molecule has 2 amide bonds. The van der Waals surface area contributed by atoms with Crippen LogP contribution in [-0.2, 0) is 24.3 Å². The average molecular weight is 378 g/mol. The molecule has 0 bridgehead atoms. The van der Waals surface area contributed by atoms with Crippen LogP contribution in [0.15, 0.2) is 0 Å². The predicted molar refractivity (Wildman–Crippen MR) is 94.3 cm³/mol. The van der Waals surface area contributed by atoms with E-state index in [1.807, 2.05) is 0 Å². The normalized spacial score (nSPS) is 18.2. The van der Waals surface area contributed by atoms with E-state index in [2.05, 4.69) is 10.0 Å². The first-order chi connectivity index (χ1) is 11.9. The van der Waals surface area contributed by atoms with Crippen molar-refractivity contribution in [3.8, 4) is 0 Å². The highest BCUT2D eigenvalue weighted by atomic mass is 32.2. The van der Waals surface area contributed by atoms with E-state index < -0.39 is 10.0 Å². The number of carbonyl (C=O) groups excluding carboxylic acids is 2. The van der Waals surface area contributed by atoms with Crippen LogP contribution in [0.25, 0.3) is 0 Å². The van der Waals surface area contributed by atoms with E-state index in [1.54, 1.807) is 11.8 Å². The molecule has 0 aromatic rings. The summed E-state index contributed by atoms with van der Waals surface area (Å²) < 4.78 is 31.0. The largest absolute Gasteiger partial charge is 0.381 e. The Labute approximate surface area is 149 Å². The number of carbonyl (C=O) groups is 2. The maximum absolute atomic E-state index is 12.4. The highest BCUT2D eigenvalue weighted by Gasteiger charge is 2.27. The summed E-state index contributed by atoms with van der Waals surface area (Å²) in [5, 5.41) is 2.78. The van der Waals surface area contributed by atoms with Crippen molar-refractivity contribution in [3.05, 3.63) is 0 Å². The van der Waals surface area contributed by atoms with Gasteiger partial charge in [-0.05, 0) is 26.2 Å². The summed E-state index contributed by atoms with van der Waals surface area (Å²) in [7, 11) is -3.54. The molecule has 1 rings (SSSR count). The fraction of sp³-hybridized carbons (Fsp3) is 0.867. The van der Waals surface area contributed by atoms with Gasteiger partial charge in [0.25, 0.3) is 0 Å². The zero-order valence-corrected chi connectivity index (χ0v) is 15.6. The third kappa shape index (κ3) is 8.61. The molecule has 1 aliphatic rings. The minimum absolute atomic E-state index is 0.0968. The second-order valence-corrected chi connectivity index (χ2v) is 7.84. The first kappa shape index (κ1) is 21.8. The lowest BCUT2D eigenvalue weighted by atomic mass is 10.0. The van der Waals surface area contributed by atoms with Crippen molar-refractivity contribution in [1.29, 1.82) is 0 Å². The number of hydrogen-bond donors (Lipinski definition) is 3. The van der Waals surface area contributed by atoms with Gasteiger partial charge < -0.3 is 20.7 Å². The first-order valence-corrected chi connectivity index (χ1v) is 10.4. The summed E-state index contributed by atoms with van der Waals surface area (Å²) >= 11 is 0. The lowest BCUT2D eigenvalue weighted by Crippen LogP contribution is -2.52. The Morgan fingerprint density at radius 1 is 1.32 bits per heavy atom. The third-order valence-electron chi connectivity index (χ3n) is 4.00. The number of nitrogens with two attached hydrogens (primary N) is 1. The molecule has 1 atom stereocenters. The Kier molecular flexibility index (Phi) is 9.94. The van der Waals surface area contributed by atoms with Gasteiger partial charge in [-0.2, -0.15) is 0 Å². The summed E-state index contributed by atoms with van der Waals surface area (Å²) in [4.78, 5) is 25.6. The number of nitrogens with zero attached hydrogens (tertiary/aromatic N) is 1. The van der Waals surface area contributed by atoms with E-state index in [-0.39, 0.29) is 49.7 Å². The number of likely N-dealkylation sites (tertiary alicyclic amines) is 1. The lowest BCUT2D eigenvalue weighted by Gasteiger charge is -2.36. The van der Waals surface area contributed by atoms with Gasteiger partial charge in [-0.1, -0.05) is 0 Å². The highest BCUT2D eigenvalue weighted by molar-refractivity contribution is 7.89. The monoisotopic (exact) mass is 378 g/mol. The van der Waals surface area contributed by atoms with Gasteiger partial charge in [-0.15, -0.1) is 0 Å². The fourth-order valence-electron chi connectivity index (χ4n) is 2.65. The molecular formula is C15H30N4O5S. The number of amides is 2. The van der Waals surface area contributed by atoms with E-state index in [4.69, 9.17) is 10.5 Å². The molecule has 1 heterocycles. The molecule has 9 nitrogen and oxygen atoms in total. The van der Waals surface area contributed by atoms with Gasteiger partial charge in [-0.3, -0.25) is 9.59 Å². The quantitative estimate of drug-likeness (QED) is 0.387. The van der Waals surface area contributed by atoms with Crippen molar-refractivity contribution in [2.75, 3.05) is 45.1 Å². The zero-order valence-electron chi connectivity index (χ0n) is 14.8. The van der Waals surface area contributed by atoms with Crippen LogP contribution in [0.3, 0.4) is 0 Å². The van der Waals surface area contributed by atoms with Gasteiger partial charge in [0.1, 0.15) is 0 Å². The lowest BCUT2D eigenvalue weighted by molar-refractivity contribution is -0.134. The Morgan fingerprint density at radius 2 is 2.08 bits per heavy atom. The van der Waals surface area contributed by atoms with Crippen LogP contribution in [0, 0.1) is 0 Å². The third-order valence-corrected chi connectivity index (χ3v) is 5.29. The van der Waals surface area contributed by atoms with Crippen molar-refractivity contribution < 1.29 is 22.7 Å². The van der Waals surface area contributed by atoms with Crippen molar-refractivity contribution in [2.24, 2.45) is 5.73 Å². The molecule has 1 aliphatic heterocycles. The van der Waals surface area contributed by atoms with Gasteiger partial charge >= 0.3 is 0 Å². The molecule has 146 valence electrons.